The van der Waals surface area contributed by atoms with Crippen LogP contribution >= 0.6 is 0 Å². The Balaban J connectivity index is 1.06. The van der Waals surface area contributed by atoms with Crippen LogP contribution in [0.3, 0.4) is 0 Å². The number of carbonyl (C=O) groups is 1. The number of nitrogens with one attached hydrogen (secondary N) is 1. The van der Waals surface area contributed by atoms with Crippen LogP contribution in [-0.2, 0) is 11.3 Å². The van der Waals surface area contributed by atoms with Gasteiger partial charge in [0.2, 0.25) is 5.91 Å². The van der Waals surface area contributed by atoms with Crippen molar-refractivity contribution in [3.8, 4) is 5.69 Å². The predicted molar refractivity (Wildman–Crippen MR) is 164 cm³/mol. The molecule has 214 valence electrons. The van der Waals surface area contributed by atoms with Crippen molar-refractivity contribution in [2.24, 2.45) is 5.92 Å². The number of hydrogen-bond donors (Lipinski definition) is 2. The first-order valence-corrected chi connectivity index (χ1v) is 14.8. The molecule has 0 spiro atoms. The van der Waals surface area contributed by atoms with E-state index < -0.39 is 5.60 Å². The zero-order valence-electron chi connectivity index (χ0n) is 23.5. The number of piperidine rings is 2. The van der Waals surface area contributed by atoms with Crippen molar-refractivity contribution in [3.05, 3.63) is 107 Å². The Morgan fingerprint density at radius 2 is 1.74 bits per heavy atom. The topological polar surface area (TPSA) is 92.4 Å². The van der Waals surface area contributed by atoms with Crippen LogP contribution < -0.4 is 10.9 Å². The van der Waals surface area contributed by atoms with Gasteiger partial charge in [0.25, 0.3) is 5.56 Å². The third-order valence-electron chi connectivity index (χ3n) is 9.18. The van der Waals surface area contributed by atoms with E-state index in [1.54, 1.807) is 6.07 Å². The number of aromatic nitrogens is 3. The highest BCUT2D eigenvalue weighted by atomic mass is 16.3. The number of aliphatic hydroxyl groups is 1. The van der Waals surface area contributed by atoms with Crippen LogP contribution in [0.15, 0.2) is 96.2 Å². The van der Waals surface area contributed by atoms with E-state index in [0.717, 1.165) is 36.0 Å². The van der Waals surface area contributed by atoms with Crippen LogP contribution in [0.1, 0.15) is 30.7 Å². The first kappa shape index (κ1) is 26.6. The molecule has 2 saturated heterocycles. The molecular formula is C34H35N5O3. The van der Waals surface area contributed by atoms with Gasteiger partial charge in [-0.1, -0.05) is 60.7 Å². The van der Waals surface area contributed by atoms with Gasteiger partial charge in [0.05, 0.1) is 17.5 Å². The lowest BCUT2D eigenvalue weighted by Crippen LogP contribution is -2.52. The zero-order chi connectivity index (χ0) is 28.7. The molecule has 3 aromatic carbocycles. The smallest absolute Gasteiger partial charge is 0.262 e. The average Bonchev–Trinajstić information content (AvgIpc) is 3.48. The van der Waals surface area contributed by atoms with Crippen molar-refractivity contribution >= 4 is 27.7 Å². The van der Waals surface area contributed by atoms with Crippen molar-refractivity contribution in [1.82, 2.24) is 24.3 Å². The molecule has 8 nitrogen and oxygen atoms in total. The molecule has 2 N–H and O–H groups in total. The minimum absolute atomic E-state index is 0.0688. The minimum Gasteiger partial charge on any atom is -0.388 e. The van der Waals surface area contributed by atoms with Crippen molar-refractivity contribution in [2.75, 3.05) is 26.2 Å². The van der Waals surface area contributed by atoms with Crippen LogP contribution in [0, 0.1) is 5.92 Å². The average molecular weight is 562 g/mol. The fraction of sp³-hybridized carbons (Fsp3) is 0.324. The normalized spacial score (nSPS) is 20.6. The van der Waals surface area contributed by atoms with Gasteiger partial charge in [0, 0.05) is 43.4 Å². The minimum atomic E-state index is -1.08. The predicted octanol–water partition coefficient (Wildman–Crippen LogP) is 4.09. The van der Waals surface area contributed by atoms with Gasteiger partial charge in [0.15, 0.2) is 5.65 Å². The van der Waals surface area contributed by atoms with Crippen molar-refractivity contribution in [1.29, 1.82) is 0 Å². The number of likely N-dealkylation sites (tertiary alicyclic amines) is 1. The molecule has 2 aromatic heterocycles. The lowest BCUT2D eigenvalue weighted by molar-refractivity contribution is -0.141. The summed E-state index contributed by atoms with van der Waals surface area (Å²) in [5.74, 6) is 0.245. The van der Waals surface area contributed by atoms with Crippen LogP contribution in [0.5, 0.6) is 0 Å². The molecule has 2 aliphatic rings. The number of benzene rings is 3. The number of nitrogens with zero attached hydrogens (tertiary/aromatic N) is 4. The standard InChI is InChI=1S/C34H35N5O3/c40-32(28-12-16-35-21-30(28)25-7-2-1-3-8-25)37-18-14-34(42,15-19-37)22-38-23-36-31-29(33(38)41)13-17-39(31)27-11-10-24-6-4-5-9-26(24)20-27/h1-11,13,17,20,23,28,30,35,42H,12,14-16,18-19,21-22H2/t28-,30+/m1/s1. The molecule has 8 heteroatoms. The molecule has 4 heterocycles. The monoisotopic (exact) mass is 561 g/mol. The van der Waals surface area contributed by atoms with Crippen molar-refractivity contribution in [3.63, 3.8) is 0 Å². The maximum absolute atomic E-state index is 13.6. The van der Waals surface area contributed by atoms with E-state index in [1.165, 1.54) is 16.5 Å². The Labute approximate surface area is 244 Å². The van der Waals surface area contributed by atoms with Crippen molar-refractivity contribution < 1.29 is 9.90 Å². The van der Waals surface area contributed by atoms with E-state index in [9.17, 15) is 14.7 Å². The molecule has 2 atom stereocenters. The summed E-state index contributed by atoms with van der Waals surface area (Å²) in [5.41, 5.74) is 1.46. The largest absolute Gasteiger partial charge is 0.388 e. The van der Waals surface area contributed by atoms with E-state index in [-0.39, 0.29) is 29.8 Å². The summed E-state index contributed by atoms with van der Waals surface area (Å²) < 4.78 is 3.44. The Bertz CT molecular complexity index is 1800. The molecule has 5 aromatic rings. The molecule has 0 bridgehead atoms. The second-order valence-electron chi connectivity index (χ2n) is 11.8. The van der Waals surface area contributed by atoms with E-state index in [1.807, 2.05) is 52.1 Å². The molecular weight excluding hydrogens is 526 g/mol. The van der Waals surface area contributed by atoms with Gasteiger partial charge in [0.1, 0.15) is 6.33 Å². The maximum Gasteiger partial charge on any atom is 0.262 e. The lowest BCUT2D eigenvalue weighted by Gasteiger charge is -2.41. The second-order valence-corrected chi connectivity index (χ2v) is 11.8. The molecule has 0 saturated carbocycles. The lowest BCUT2D eigenvalue weighted by atomic mass is 9.80. The molecule has 7 rings (SSSR count). The third kappa shape index (κ3) is 4.91. The SMILES string of the molecule is O=C([C@@H]1CCNC[C@H]1c1ccccc1)N1CCC(O)(Cn2cnc3c(ccn3-c3ccc4ccccc4c3)c2=O)CC1. The van der Waals surface area contributed by atoms with Crippen LogP contribution in [0.2, 0.25) is 0 Å². The Kier molecular flexibility index (Phi) is 6.88. The van der Waals surface area contributed by atoms with Gasteiger partial charge in [-0.25, -0.2) is 4.98 Å². The number of fused-ring (bicyclic) bond motifs is 2. The second kappa shape index (κ2) is 10.9. The quantitative estimate of drug-likeness (QED) is 0.337. The summed E-state index contributed by atoms with van der Waals surface area (Å²) in [5, 5.41) is 17.7. The molecule has 0 radical (unpaired) electrons. The van der Waals surface area contributed by atoms with E-state index in [2.05, 4.69) is 46.7 Å². The van der Waals surface area contributed by atoms with E-state index in [0.29, 0.717) is 37.0 Å². The van der Waals surface area contributed by atoms with Gasteiger partial charge in [-0.3, -0.25) is 14.2 Å². The molecule has 42 heavy (non-hydrogen) atoms. The molecule has 2 aliphatic heterocycles. The van der Waals surface area contributed by atoms with Gasteiger partial charge in [-0.05, 0) is 60.3 Å². The van der Waals surface area contributed by atoms with Crippen molar-refractivity contribution in [2.45, 2.75) is 37.3 Å². The fourth-order valence-electron chi connectivity index (χ4n) is 6.76. The highest BCUT2D eigenvalue weighted by Gasteiger charge is 2.39. The number of carbonyl (C=O) groups excluding carboxylic acids is 1. The summed E-state index contributed by atoms with van der Waals surface area (Å²) in [4.78, 5) is 33.7. The fourth-order valence-corrected chi connectivity index (χ4v) is 6.76. The third-order valence-corrected chi connectivity index (χ3v) is 9.18. The van der Waals surface area contributed by atoms with Gasteiger partial charge in [-0.15, -0.1) is 0 Å². The Hall–Kier alpha value is -4.27. The van der Waals surface area contributed by atoms with Gasteiger partial charge >= 0.3 is 0 Å². The highest BCUT2D eigenvalue weighted by molar-refractivity contribution is 5.85. The summed E-state index contributed by atoms with van der Waals surface area (Å²) >= 11 is 0. The zero-order valence-corrected chi connectivity index (χ0v) is 23.5. The van der Waals surface area contributed by atoms with E-state index >= 15 is 0 Å². The highest BCUT2D eigenvalue weighted by Crippen LogP contribution is 2.33. The number of amides is 1. The Morgan fingerprint density at radius 1 is 0.976 bits per heavy atom. The van der Waals surface area contributed by atoms with Crippen LogP contribution in [0.25, 0.3) is 27.5 Å². The number of hydrogen-bond acceptors (Lipinski definition) is 5. The summed E-state index contributed by atoms with van der Waals surface area (Å²) in [7, 11) is 0. The molecule has 0 aliphatic carbocycles. The number of rotatable bonds is 5. The first-order chi connectivity index (χ1) is 20.5. The molecule has 1 amide bonds. The van der Waals surface area contributed by atoms with Crippen LogP contribution in [-0.4, -0.2) is 61.8 Å². The van der Waals surface area contributed by atoms with E-state index in [4.69, 9.17) is 0 Å². The van der Waals surface area contributed by atoms with Gasteiger partial charge in [-0.2, -0.15) is 0 Å². The summed E-state index contributed by atoms with van der Waals surface area (Å²) in [6.45, 7) is 2.72. The van der Waals surface area contributed by atoms with Gasteiger partial charge < -0.3 is 19.9 Å². The summed E-state index contributed by atoms with van der Waals surface area (Å²) in [6, 6.07) is 26.4. The summed E-state index contributed by atoms with van der Waals surface area (Å²) in [6.07, 6.45) is 5.05. The first-order valence-electron chi connectivity index (χ1n) is 14.8. The molecule has 0 unspecified atom stereocenters. The maximum atomic E-state index is 13.6. The van der Waals surface area contributed by atoms with Crippen LogP contribution in [0.4, 0.5) is 0 Å². The molecule has 2 fully saturated rings. The Morgan fingerprint density at radius 3 is 2.55 bits per heavy atom.